The summed E-state index contributed by atoms with van der Waals surface area (Å²) in [6.45, 7) is 8.94. The highest BCUT2D eigenvalue weighted by molar-refractivity contribution is 5.90. The zero-order valence-electron chi connectivity index (χ0n) is 19.3. The summed E-state index contributed by atoms with van der Waals surface area (Å²) >= 11 is 0. The summed E-state index contributed by atoms with van der Waals surface area (Å²) in [7, 11) is 0. The third-order valence-corrected chi connectivity index (χ3v) is 5.51. The number of nitrogens with one attached hydrogen (secondary N) is 2. The van der Waals surface area contributed by atoms with E-state index in [0.29, 0.717) is 25.5 Å². The summed E-state index contributed by atoms with van der Waals surface area (Å²) in [6.07, 6.45) is 2.51. The fourth-order valence-corrected chi connectivity index (χ4v) is 3.81. The molecule has 0 bridgehead atoms. The fraction of sp³-hybridized carbons (Fsp3) is 0.462. The molecule has 1 heterocycles. The van der Waals surface area contributed by atoms with Gasteiger partial charge in [0.05, 0.1) is 19.8 Å². The summed E-state index contributed by atoms with van der Waals surface area (Å²) < 4.78 is 5.96. The topological polar surface area (TPSA) is 66.0 Å². The zero-order chi connectivity index (χ0) is 22.6. The van der Waals surface area contributed by atoms with Gasteiger partial charge in [0.2, 0.25) is 5.91 Å². The maximum atomic E-state index is 11.7. The molecule has 1 amide bonds. The van der Waals surface area contributed by atoms with Gasteiger partial charge in [-0.2, -0.15) is 0 Å². The van der Waals surface area contributed by atoms with E-state index in [2.05, 4.69) is 34.6 Å². The third-order valence-electron chi connectivity index (χ3n) is 5.51. The second-order valence-electron chi connectivity index (χ2n) is 8.27. The van der Waals surface area contributed by atoms with Crippen molar-refractivity contribution in [3.63, 3.8) is 0 Å². The van der Waals surface area contributed by atoms with Crippen molar-refractivity contribution in [3.8, 4) is 0 Å². The Morgan fingerprint density at radius 1 is 1.09 bits per heavy atom. The van der Waals surface area contributed by atoms with Crippen molar-refractivity contribution >= 4 is 17.6 Å². The van der Waals surface area contributed by atoms with Gasteiger partial charge in [0.25, 0.3) is 0 Å². The zero-order valence-corrected chi connectivity index (χ0v) is 19.3. The molecule has 1 fully saturated rings. The Bertz CT molecular complexity index is 852. The molecule has 0 aliphatic carbocycles. The Morgan fingerprint density at radius 2 is 1.88 bits per heavy atom. The van der Waals surface area contributed by atoms with E-state index in [0.717, 1.165) is 56.3 Å². The largest absolute Gasteiger partial charge is 0.376 e. The van der Waals surface area contributed by atoms with Crippen LogP contribution in [0.1, 0.15) is 44.2 Å². The second-order valence-corrected chi connectivity index (χ2v) is 8.27. The third kappa shape index (κ3) is 7.68. The summed E-state index contributed by atoms with van der Waals surface area (Å²) in [6, 6.07) is 18.3. The molecule has 6 nitrogen and oxygen atoms in total. The molecular weight excluding hydrogens is 400 g/mol. The van der Waals surface area contributed by atoms with Crippen molar-refractivity contribution in [2.45, 2.75) is 46.3 Å². The molecule has 172 valence electrons. The first-order valence-electron chi connectivity index (χ1n) is 11.7. The average Bonchev–Trinajstić information content (AvgIpc) is 3.27. The highest BCUT2D eigenvalue weighted by Gasteiger charge is 2.25. The number of amides is 1. The summed E-state index contributed by atoms with van der Waals surface area (Å²) in [5.74, 6) is 1.54. The SMILES string of the molecule is CCCC(=O)Nc1ccc(CN=C(NCC)N2CCC(COCc3ccccc3)C2)cc1. The number of ether oxygens (including phenoxy) is 1. The number of likely N-dealkylation sites (tertiary alicyclic amines) is 1. The minimum Gasteiger partial charge on any atom is -0.376 e. The van der Waals surface area contributed by atoms with Crippen LogP contribution in [-0.4, -0.2) is 43.0 Å². The lowest BCUT2D eigenvalue weighted by Gasteiger charge is -2.21. The van der Waals surface area contributed by atoms with Gasteiger partial charge in [-0.3, -0.25) is 4.79 Å². The van der Waals surface area contributed by atoms with E-state index in [4.69, 9.17) is 9.73 Å². The first-order valence-corrected chi connectivity index (χ1v) is 11.7. The number of carbonyl (C=O) groups is 1. The predicted molar refractivity (Wildman–Crippen MR) is 131 cm³/mol. The number of rotatable bonds is 10. The monoisotopic (exact) mass is 436 g/mol. The Kier molecular flexibility index (Phi) is 9.57. The Hall–Kier alpha value is -2.86. The molecule has 0 radical (unpaired) electrons. The number of hydrogen-bond acceptors (Lipinski definition) is 3. The van der Waals surface area contributed by atoms with Crippen molar-refractivity contribution in [2.75, 3.05) is 31.6 Å². The number of carbonyl (C=O) groups excluding carboxylic acids is 1. The maximum Gasteiger partial charge on any atom is 0.224 e. The normalized spacial score (nSPS) is 16.2. The van der Waals surface area contributed by atoms with Crippen molar-refractivity contribution in [1.82, 2.24) is 10.2 Å². The second kappa shape index (κ2) is 12.9. The van der Waals surface area contributed by atoms with Crippen molar-refractivity contribution in [1.29, 1.82) is 0 Å². The van der Waals surface area contributed by atoms with Crippen LogP contribution in [0.3, 0.4) is 0 Å². The first kappa shape index (κ1) is 23.8. The highest BCUT2D eigenvalue weighted by Crippen LogP contribution is 2.18. The molecule has 2 aromatic rings. The van der Waals surface area contributed by atoms with E-state index < -0.39 is 0 Å². The molecule has 2 N–H and O–H groups in total. The van der Waals surface area contributed by atoms with E-state index in [1.165, 1.54) is 5.56 Å². The van der Waals surface area contributed by atoms with E-state index in [-0.39, 0.29) is 5.91 Å². The Labute approximate surface area is 192 Å². The first-order chi connectivity index (χ1) is 15.7. The molecule has 32 heavy (non-hydrogen) atoms. The number of nitrogens with zero attached hydrogens (tertiary/aromatic N) is 2. The van der Waals surface area contributed by atoms with E-state index in [1.54, 1.807) is 0 Å². The number of hydrogen-bond donors (Lipinski definition) is 2. The van der Waals surface area contributed by atoms with Crippen molar-refractivity contribution in [2.24, 2.45) is 10.9 Å². The lowest BCUT2D eigenvalue weighted by Crippen LogP contribution is -2.40. The minimum absolute atomic E-state index is 0.0593. The van der Waals surface area contributed by atoms with Gasteiger partial charge < -0.3 is 20.3 Å². The molecular formula is C26H36N4O2. The van der Waals surface area contributed by atoms with Crippen LogP contribution < -0.4 is 10.6 Å². The Balaban J connectivity index is 1.48. The van der Waals surface area contributed by atoms with E-state index in [1.807, 2.05) is 49.4 Å². The van der Waals surface area contributed by atoms with Gasteiger partial charge in [0.15, 0.2) is 5.96 Å². The van der Waals surface area contributed by atoms with Crippen LogP contribution in [0.4, 0.5) is 5.69 Å². The molecule has 1 atom stereocenters. The molecule has 3 rings (SSSR count). The maximum absolute atomic E-state index is 11.7. The summed E-state index contributed by atoms with van der Waals surface area (Å²) in [5, 5.41) is 6.35. The average molecular weight is 437 g/mol. The van der Waals surface area contributed by atoms with Gasteiger partial charge in [0, 0.05) is 37.7 Å². The van der Waals surface area contributed by atoms with Crippen LogP contribution >= 0.6 is 0 Å². The standard InChI is InChI=1S/C26H36N4O2/c1-3-8-25(31)29-24-13-11-21(12-14-24)17-28-26(27-4-2)30-16-15-23(18-30)20-32-19-22-9-6-5-7-10-22/h5-7,9-14,23H,3-4,8,15-20H2,1-2H3,(H,27,28)(H,29,31). The molecule has 0 spiro atoms. The molecule has 0 saturated carbocycles. The molecule has 1 aliphatic rings. The van der Waals surface area contributed by atoms with Gasteiger partial charge in [-0.25, -0.2) is 4.99 Å². The molecule has 6 heteroatoms. The molecule has 1 unspecified atom stereocenters. The van der Waals surface area contributed by atoms with Crippen LogP contribution in [0.15, 0.2) is 59.6 Å². The van der Waals surface area contributed by atoms with Gasteiger partial charge in [-0.05, 0) is 43.0 Å². The summed E-state index contributed by atoms with van der Waals surface area (Å²) in [5.41, 5.74) is 3.17. The van der Waals surface area contributed by atoms with Gasteiger partial charge >= 0.3 is 0 Å². The van der Waals surface area contributed by atoms with Gasteiger partial charge in [-0.1, -0.05) is 49.4 Å². The lowest BCUT2D eigenvalue weighted by atomic mass is 10.1. The van der Waals surface area contributed by atoms with Crippen LogP contribution in [0.5, 0.6) is 0 Å². The molecule has 1 aliphatic heterocycles. The number of anilines is 1. The van der Waals surface area contributed by atoms with Crippen LogP contribution in [0, 0.1) is 5.92 Å². The van der Waals surface area contributed by atoms with Gasteiger partial charge in [-0.15, -0.1) is 0 Å². The quantitative estimate of drug-likeness (QED) is 0.427. The van der Waals surface area contributed by atoms with E-state index >= 15 is 0 Å². The lowest BCUT2D eigenvalue weighted by molar-refractivity contribution is -0.116. The highest BCUT2D eigenvalue weighted by atomic mass is 16.5. The van der Waals surface area contributed by atoms with Crippen LogP contribution in [0.25, 0.3) is 0 Å². The molecule has 1 saturated heterocycles. The smallest absolute Gasteiger partial charge is 0.224 e. The fourth-order valence-electron chi connectivity index (χ4n) is 3.81. The molecule has 0 aromatic heterocycles. The number of aliphatic imine (C=N–C) groups is 1. The van der Waals surface area contributed by atoms with Crippen LogP contribution in [0.2, 0.25) is 0 Å². The van der Waals surface area contributed by atoms with Crippen molar-refractivity contribution < 1.29 is 9.53 Å². The molecule has 2 aromatic carbocycles. The minimum atomic E-state index is 0.0593. The number of benzene rings is 2. The van der Waals surface area contributed by atoms with E-state index in [9.17, 15) is 4.79 Å². The predicted octanol–water partition coefficient (Wildman–Crippen LogP) is 4.43. The number of guanidine groups is 1. The Morgan fingerprint density at radius 3 is 2.59 bits per heavy atom. The van der Waals surface area contributed by atoms with Gasteiger partial charge in [0.1, 0.15) is 0 Å². The van der Waals surface area contributed by atoms with Crippen molar-refractivity contribution in [3.05, 3.63) is 65.7 Å². The summed E-state index contributed by atoms with van der Waals surface area (Å²) in [4.78, 5) is 18.9. The van der Waals surface area contributed by atoms with Crippen LogP contribution in [-0.2, 0) is 22.7 Å².